The smallest absolute Gasteiger partial charge is 0.260 e. The number of nitrogens with one attached hydrogen (secondary N) is 2. The Hall–Kier alpha value is -6.77. The molecule has 4 atom stereocenters. The third-order valence-corrected chi connectivity index (χ3v) is 12.2. The molecule has 6 heterocycles. The van der Waals surface area contributed by atoms with Crippen molar-refractivity contribution < 1.29 is 33.6 Å². The van der Waals surface area contributed by atoms with Crippen LogP contribution in [-0.4, -0.2) is 87.8 Å². The van der Waals surface area contributed by atoms with Gasteiger partial charge in [0.25, 0.3) is 11.8 Å². The number of aromatic nitrogens is 2. The van der Waals surface area contributed by atoms with Gasteiger partial charge in [-0.15, -0.1) is 0 Å². The van der Waals surface area contributed by atoms with E-state index in [1.54, 1.807) is 53.6 Å². The van der Waals surface area contributed by atoms with E-state index in [1.165, 1.54) is 7.11 Å². The van der Waals surface area contributed by atoms with Crippen molar-refractivity contribution in [3.05, 3.63) is 132 Å². The first-order valence-corrected chi connectivity index (χ1v) is 20.6. The van der Waals surface area contributed by atoms with Crippen molar-refractivity contribution in [1.29, 1.82) is 0 Å². The zero-order valence-corrected chi connectivity index (χ0v) is 34.3. The molecule has 0 saturated heterocycles. The summed E-state index contributed by atoms with van der Waals surface area (Å²) in [6.07, 6.45) is 7.88. The number of aliphatic hydroxyl groups is 1. The normalized spacial score (nSPS) is 20.3. The highest BCUT2D eigenvalue weighted by molar-refractivity contribution is 7.81. The molecule has 4 aromatic carbocycles. The summed E-state index contributed by atoms with van der Waals surface area (Å²) in [5, 5.41) is 19.6. The number of nitrogens with zero attached hydrogens (tertiary/aromatic N) is 4. The number of para-hydroxylation sites is 2. The highest BCUT2D eigenvalue weighted by Gasteiger charge is 2.41. The van der Waals surface area contributed by atoms with Crippen molar-refractivity contribution >= 4 is 68.8 Å². The molecule has 4 aliphatic heterocycles. The number of carbonyl (C=O) groups excluding carboxylic acids is 2. The lowest BCUT2D eigenvalue weighted by Crippen LogP contribution is -2.42. The van der Waals surface area contributed by atoms with Crippen LogP contribution in [0.4, 0.5) is 11.4 Å². The summed E-state index contributed by atoms with van der Waals surface area (Å²) in [6.45, 7) is 0.530. The zero-order chi connectivity index (χ0) is 41.8. The highest BCUT2D eigenvalue weighted by atomic mass is 32.1. The van der Waals surface area contributed by atoms with Gasteiger partial charge in [0, 0.05) is 54.1 Å². The lowest BCUT2D eigenvalue weighted by molar-refractivity contribution is 0.0644. The number of aliphatic hydroxyl groups excluding tert-OH is 1. The third-order valence-electron chi connectivity index (χ3n) is 11.8. The number of thiol groups is 1. The molecule has 14 heteroatoms. The first-order valence-electron chi connectivity index (χ1n) is 20.1. The number of methoxy groups -OCH3 is 2. The van der Waals surface area contributed by atoms with Crippen LogP contribution in [0.15, 0.2) is 110 Å². The largest absolute Gasteiger partial charge is 0.493 e. The number of rotatable bonds is 10. The van der Waals surface area contributed by atoms with Gasteiger partial charge in [-0.05, 0) is 71.5 Å². The molecule has 0 radical (unpaired) electrons. The van der Waals surface area contributed by atoms with Gasteiger partial charge in [0.05, 0.1) is 78.4 Å². The number of carbonyl (C=O) groups is 2. The molecule has 61 heavy (non-hydrogen) atoms. The summed E-state index contributed by atoms with van der Waals surface area (Å²) in [4.78, 5) is 40.6. The molecule has 0 saturated carbocycles. The van der Waals surface area contributed by atoms with Crippen LogP contribution in [0.2, 0.25) is 0 Å². The van der Waals surface area contributed by atoms with E-state index in [0.717, 1.165) is 44.1 Å². The Morgan fingerprint density at radius 2 is 1.16 bits per heavy atom. The first kappa shape index (κ1) is 38.4. The second kappa shape index (κ2) is 15.7. The van der Waals surface area contributed by atoms with Crippen molar-refractivity contribution in [2.75, 3.05) is 38.1 Å². The van der Waals surface area contributed by atoms with Crippen molar-refractivity contribution in [3.63, 3.8) is 0 Å². The molecular weight excluding hydrogens is 793 g/mol. The summed E-state index contributed by atoms with van der Waals surface area (Å²) < 4.78 is 23.7. The van der Waals surface area contributed by atoms with Gasteiger partial charge < -0.3 is 44.5 Å². The van der Waals surface area contributed by atoms with Gasteiger partial charge in [0.15, 0.2) is 23.0 Å². The monoisotopic (exact) mass is 834 g/mol. The predicted molar refractivity (Wildman–Crippen MR) is 236 cm³/mol. The molecule has 0 bridgehead atoms. The minimum atomic E-state index is -1.04. The lowest BCUT2D eigenvalue weighted by Gasteiger charge is -2.25. The molecule has 0 spiro atoms. The standard InChI is InChI=1S/C47H42N6O7S/c1-57-40-18-32-36(50-44(54)38-16-30(24-52(38)46(32)55)28-14-26-8-3-5-10-34(26)48-22-28)20-42(40)59-12-7-13-60-43-21-37-33(19-41(43)58-2)47(56)53-25-31(17-39(53)45(61)51-37)29-15-27-9-4-6-11-35(27)49-23-29/h3-6,8-11,14-15,18-25,38-39,44-45,50-51,54,61H,7,12-13,16-17H2,1-2H3/t38-,39-,44?,45?/m0/s1. The second-order valence-electron chi connectivity index (χ2n) is 15.4. The summed E-state index contributed by atoms with van der Waals surface area (Å²) >= 11 is 4.91. The molecule has 6 aromatic rings. The molecule has 2 aromatic heterocycles. The number of hydrogen-bond donors (Lipinski definition) is 4. The number of ether oxygens (including phenoxy) is 4. The molecular formula is C47H42N6O7S. The van der Waals surface area contributed by atoms with Gasteiger partial charge in [0.2, 0.25) is 0 Å². The maximum atomic E-state index is 14.0. The highest BCUT2D eigenvalue weighted by Crippen LogP contribution is 2.43. The third kappa shape index (κ3) is 7.00. The van der Waals surface area contributed by atoms with Gasteiger partial charge in [0.1, 0.15) is 6.23 Å². The molecule has 13 nitrogen and oxygen atoms in total. The molecule has 4 aliphatic rings. The summed E-state index contributed by atoms with van der Waals surface area (Å²) in [7, 11) is 3.06. The number of hydrogen-bond acceptors (Lipinski definition) is 12. The number of pyridine rings is 2. The van der Waals surface area contributed by atoms with E-state index in [-0.39, 0.29) is 36.4 Å². The Morgan fingerprint density at radius 1 is 0.672 bits per heavy atom. The number of fused-ring (bicyclic) bond motifs is 6. The van der Waals surface area contributed by atoms with E-state index in [1.807, 2.05) is 60.9 Å². The van der Waals surface area contributed by atoms with Crippen molar-refractivity contribution in [1.82, 2.24) is 19.8 Å². The summed E-state index contributed by atoms with van der Waals surface area (Å²) in [6, 6.07) is 26.1. The van der Waals surface area contributed by atoms with E-state index < -0.39 is 12.3 Å². The predicted octanol–water partition coefficient (Wildman–Crippen LogP) is 7.58. The zero-order valence-electron chi connectivity index (χ0n) is 33.4. The molecule has 10 rings (SSSR count). The average molecular weight is 835 g/mol. The van der Waals surface area contributed by atoms with E-state index in [4.69, 9.17) is 31.6 Å². The Morgan fingerprint density at radius 3 is 1.70 bits per heavy atom. The first-order chi connectivity index (χ1) is 29.8. The van der Waals surface area contributed by atoms with Crippen molar-refractivity contribution in [3.8, 4) is 23.0 Å². The van der Waals surface area contributed by atoms with Gasteiger partial charge in [-0.3, -0.25) is 19.6 Å². The van der Waals surface area contributed by atoms with Crippen LogP contribution in [0.25, 0.3) is 33.0 Å². The van der Waals surface area contributed by atoms with Gasteiger partial charge >= 0.3 is 0 Å². The number of benzene rings is 4. The molecule has 0 aliphatic carbocycles. The Kier molecular flexibility index (Phi) is 9.88. The maximum absolute atomic E-state index is 14.0. The molecule has 308 valence electrons. The minimum absolute atomic E-state index is 0.162. The molecule has 2 amide bonds. The topological polar surface area (TPSA) is 148 Å². The second-order valence-corrected chi connectivity index (χ2v) is 16.0. The average Bonchev–Trinajstić information content (AvgIpc) is 3.91. The van der Waals surface area contributed by atoms with E-state index >= 15 is 0 Å². The van der Waals surface area contributed by atoms with E-state index in [0.29, 0.717) is 64.8 Å². The van der Waals surface area contributed by atoms with Crippen LogP contribution in [0, 0.1) is 0 Å². The Balaban J connectivity index is 0.804. The Bertz CT molecular complexity index is 2620. The van der Waals surface area contributed by atoms with Crippen LogP contribution < -0.4 is 29.6 Å². The summed E-state index contributed by atoms with van der Waals surface area (Å²) in [5.74, 6) is 1.26. The number of amides is 2. The Labute approximate surface area is 357 Å². The van der Waals surface area contributed by atoms with Crippen LogP contribution >= 0.6 is 12.6 Å². The lowest BCUT2D eigenvalue weighted by atomic mass is 10.0. The van der Waals surface area contributed by atoms with E-state index in [2.05, 4.69) is 32.7 Å². The number of anilines is 2. The van der Waals surface area contributed by atoms with Gasteiger partial charge in [-0.2, -0.15) is 12.6 Å². The van der Waals surface area contributed by atoms with Crippen LogP contribution in [-0.2, 0) is 0 Å². The van der Waals surface area contributed by atoms with Crippen molar-refractivity contribution in [2.24, 2.45) is 0 Å². The minimum Gasteiger partial charge on any atom is -0.493 e. The fraction of sp³-hybridized carbons (Fsp3) is 0.234. The van der Waals surface area contributed by atoms with Crippen LogP contribution in [0.3, 0.4) is 0 Å². The van der Waals surface area contributed by atoms with Crippen LogP contribution in [0.1, 0.15) is 51.1 Å². The SMILES string of the molecule is COc1cc2c(cc1OCCCOc1cc3c(cc1OC)C(=O)N1C=C(c4cnc5ccccc5c4)C[C@H]1C(S)N3)NC(O)[C@@H]1CC(c3cnc4ccccc4c3)=CN1C2=O. The fourth-order valence-electron chi connectivity index (χ4n) is 8.57. The van der Waals surface area contributed by atoms with Crippen LogP contribution in [0.5, 0.6) is 23.0 Å². The molecule has 3 N–H and O–H groups in total. The quantitative estimate of drug-likeness (QED) is 0.0800. The molecule has 0 fully saturated rings. The van der Waals surface area contributed by atoms with Crippen molar-refractivity contribution in [2.45, 2.75) is 42.9 Å². The van der Waals surface area contributed by atoms with Gasteiger partial charge in [-0.25, -0.2) is 0 Å². The van der Waals surface area contributed by atoms with E-state index in [9.17, 15) is 14.7 Å². The summed E-state index contributed by atoms with van der Waals surface area (Å²) in [5.41, 5.74) is 7.47. The fourth-order valence-corrected chi connectivity index (χ4v) is 8.96. The van der Waals surface area contributed by atoms with Gasteiger partial charge in [-0.1, -0.05) is 36.4 Å². The maximum Gasteiger partial charge on any atom is 0.260 e. The molecule has 2 unspecified atom stereocenters.